The lowest BCUT2D eigenvalue weighted by Crippen LogP contribution is -2.32. The van der Waals surface area contributed by atoms with Crippen LogP contribution in [0.15, 0.2) is 75.9 Å². The number of carbonyl (C=O) groups excluding carboxylic acids is 2. The highest BCUT2D eigenvalue weighted by Gasteiger charge is 2.41. The van der Waals surface area contributed by atoms with E-state index >= 15 is 0 Å². The Hall–Kier alpha value is -3.18. The number of carbonyl (C=O) groups is 2. The van der Waals surface area contributed by atoms with Crippen molar-refractivity contribution in [2.24, 2.45) is 0 Å². The molecule has 0 aliphatic carbocycles. The van der Waals surface area contributed by atoms with Gasteiger partial charge in [0.05, 0.1) is 18.1 Å². The van der Waals surface area contributed by atoms with E-state index in [0.29, 0.717) is 33.5 Å². The maximum absolute atomic E-state index is 13.5. The van der Waals surface area contributed by atoms with Gasteiger partial charge in [-0.15, -0.1) is 0 Å². The van der Waals surface area contributed by atoms with Gasteiger partial charge in [0.1, 0.15) is 22.4 Å². The van der Waals surface area contributed by atoms with E-state index in [4.69, 9.17) is 27.6 Å². The Bertz CT molecular complexity index is 1300. The van der Waals surface area contributed by atoms with E-state index < -0.39 is 11.2 Å². The summed E-state index contributed by atoms with van der Waals surface area (Å²) in [7, 11) is 0. The SMILES string of the molecule is Cc1ccc(N2C(=O)[C@@H](Cc3cc(Cl)ccc3Cl)S/C2=C(\C#N)C(=O)NCc2ccco2)cc1. The van der Waals surface area contributed by atoms with Crippen LogP contribution in [-0.2, 0) is 22.6 Å². The third kappa shape index (κ3) is 5.15. The summed E-state index contributed by atoms with van der Waals surface area (Å²) in [5.74, 6) is -0.283. The molecule has 4 rings (SSSR count). The number of furan rings is 1. The summed E-state index contributed by atoms with van der Waals surface area (Å²) < 4.78 is 5.24. The van der Waals surface area contributed by atoms with Crippen molar-refractivity contribution in [1.29, 1.82) is 5.26 Å². The minimum absolute atomic E-state index is 0.120. The van der Waals surface area contributed by atoms with Crippen molar-refractivity contribution in [3.05, 3.63) is 98.4 Å². The molecular formula is C25H19Cl2N3O3S. The van der Waals surface area contributed by atoms with Crippen molar-refractivity contribution in [2.45, 2.75) is 25.1 Å². The van der Waals surface area contributed by atoms with Gasteiger partial charge in [0.25, 0.3) is 5.91 Å². The Labute approximate surface area is 211 Å². The van der Waals surface area contributed by atoms with E-state index in [1.54, 1.807) is 42.5 Å². The minimum atomic E-state index is -0.590. The molecule has 2 aromatic carbocycles. The second-order valence-corrected chi connectivity index (χ2v) is 9.64. The molecule has 6 nitrogen and oxygen atoms in total. The van der Waals surface area contributed by atoms with Crippen molar-refractivity contribution < 1.29 is 14.0 Å². The molecule has 1 saturated heterocycles. The molecule has 3 aromatic rings. The van der Waals surface area contributed by atoms with E-state index in [9.17, 15) is 14.9 Å². The molecule has 34 heavy (non-hydrogen) atoms. The number of benzene rings is 2. The maximum Gasteiger partial charge on any atom is 0.265 e. The highest BCUT2D eigenvalue weighted by atomic mass is 35.5. The summed E-state index contributed by atoms with van der Waals surface area (Å²) in [6.45, 7) is 2.06. The Kier molecular flexibility index (Phi) is 7.32. The smallest absolute Gasteiger partial charge is 0.265 e. The first-order valence-corrected chi connectivity index (χ1v) is 12.0. The normalized spacial score (nSPS) is 16.9. The van der Waals surface area contributed by atoms with Gasteiger partial charge in [0.15, 0.2) is 0 Å². The van der Waals surface area contributed by atoms with E-state index in [0.717, 1.165) is 5.56 Å². The Morgan fingerprint density at radius 3 is 2.65 bits per heavy atom. The molecule has 2 amide bonds. The predicted octanol–water partition coefficient (Wildman–Crippen LogP) is 5.64. The Morgan fingerprint density at radius 2 is 1.97 bits per heavy atom. The second kappa shape index (κ2) is 10.4. The number of hydrogen-bond donors (Lipinski definition) is 1. The number of halogens is 2. The molecular weight excluding hydrogens is 493 g/mol. The molecule has 1 aliphatic rings. The highest BCUT2D eigenvalue weighted by Crippen LogP contribution is 2.42. The first-order chi connectivity index (χ1) is 16.4. The Balaban J connectivity index is 1.70. The molecule has 172 valence electrons. The molecule has 0 bridgehead atoms. The third-order valence-corrected chi connectivity index (χ3v) is 7.08. The fraction of sp³-hybridized carbons (Fsp3) is 0.160. The number of amides is 2. The van der Waals surface area contributed by atoms with Crippen LogP contribution in [0.1, 0.15) is 16.9 Å². The maximum atomic E-state index is 13.5. The van der Waals surface area contributed by atoms with Crippen LogP contribution in [0.5, 0.6) is 0 Å². The van der Waals surface area contributed by atoms with Gasteiger partial charge in [-0.3, -0.25) is 14.5 Å². The zero-order chi connectivity index (χ0) is 24.2. The number of rotatable bonds is 6. The third-order valence-electron chi connectivity index (χ3n) is 5.21. The molecule has 1 N–H and O–H groups in total. The average Bonchev–Trinajstić information content (AvgIpc) is 3.45. The first kappa shape index (κ1) is 24.0. The van der Waals surface area contributed by atoms with Gasteiger partial charge in [-0.2, -0.15) is 5.26 Å². The quantitative estimate of drug-likeness (QED) is 0.342. The number of aryl methyl sites for hydroxylation is 1. The fourth-order valence-corrected chi connectivity index (χ4v) is 5.17. The molecule has 1 atom stereocenters. The van der Waals surface area contributed by atoms with Crippen molar-refractivity contribution in [1.82, 2.24) is 5.32 Å². The summed E-state index contributed by atoms with van der Waals surface area (Å²) in [5.41, 5.74) is 2.16. The van der Waals surface area contributed by atoms with E-state index in [1.807, 2.05) is 25.1 Å². The minimum Gasteiger partial charge on any atom is -0.467 e. The summed E-state index contributed by atoms with van der Waals surface area (Å²) in [6.07, 6.45) is 1.79. The molecule has 2 heterocycles. The van der Waals surface area contributed by atoms with Crippen molar-refractivity contribution >= 4 is 52.5 Å². The van der Waals surface area contributed by atoms with Gasteiger partial charge in [0, 0.05) is 15.7 Å². The molecule has 0 radical (unpaired) electrons. The lowest BCUT2D eigenvalue weighted by atomic mass is 10.1. The molecule has 1 aliphatic heterocycles. The van der Waals surface area contributed by atoms with Crippen LogP contribution in [0.4, 0.5) is 5.69 Å². The topological polar surface area (TPSA) is 86.3 Å². The first-order valence-electron chi connectivity index (χ1n) is 10.3. The van der Waals surface area contributed by atoms with E-state index in [1.165, 1.54) is 22.9 Å². The average molecular weight is 512 g/mol. The number of hydrogen-bond acceptors (Lipinski definition) is 5. The van der Waals surface area contributed by atoms with Crippen LogP contribution in [0.2, 0.25) is 10.0 Å². The predicted molar refractivity (Wildman–Crippen MR) is 133 cm³/mol. The number of thioether (sulfide) groups is 1. The van der Waals surface area contributed by atoms with Crippen molar-refractivity contribution in [3.63, 3.8) is 0 Å². The van der Waals surface area contributed by atoms with Gasteiger partial charge in [-0.05, 0) is 61.4 Å². The molecule has 1 fully saturated rings. The summed E-state index contributed by atoms with van der Waals surface area (Å²) in [5, 5.41) is 13.3. The second-order valence-electron chi connectivity index (χ2n) is 7.61. The number of nitriles is 1. The number of nitrogens with one attached hydrogen (secondary N) is 1. The largest absolute Gasteiger partial charge is 0.467 e. The molecule has 0 spiro atoms. The fourth-order valence-electron chi connectivity index (χ4n) is 3.48. The van der Waals surface area contributed by atoms with Crippen molar-refractivity contribution in [2.75, 3.05) is 4.90 Å². The molecule has 0 saturated carbocycles. The van der Waals surface area contributed by atoms with Crippen LogP contribution in [-0.4, -0.2) is 17.1 Å². The molecule has 1 aromatic heterocycles. The zero-order valence-electron chi connectivity index (χ0n) is 18.0. The lowest BCUT2D eigenvalue weighted by Gasteiger charge is -2.19. The monoisotopic (exact) mass is 511 g/mol. The van der Waals surface area contributed by atoms with Crippen LogP contribution >= 0.6 is 35.0 Å². The van der Waals surface area contributed by atoms with Gasteiger partial charge in [-0.1, -0.05) is 52.7 Å². The van der Waals surface area contributed by atoms with Crippen LogP contribution in [0.25, 0.3) is 0 Å². The van der Waals surface area contributed by atoms with Crippen LogP contribution in [0, 0.1) is 18.3 Å². The summed E-state index contributed by atoms with van der Waals surface area (Å²) in [4.78, 5) is 27.9. The van der Waals surface area contributed by atoms with Gasteiger partial charge < -0.3 is 9.73 Å². The molecule has 0 unspecified atom stereocenters. The number of nitrogens with zero attached hydrogens (tertiary/aromatic N) is 2. The van der Waals surface area contributed by atoms with Gasteiger partial charge in [0.2, 0.25) is 5.91 Å². The zero-order valence-corrected chi connectivity index (χ0v) is 20.4. The lowest BCUT2D eigenvalue weighted by molar-refractivity contribution is -0.117. The molecule has 9 heteroatoms. The van der Waals surface area contributed by atoms with Crippen LogP contribution in [0.3, 0.4) is 0 Å². The summed E-state index contributed by atoms with van der Waals surface area (Å²) >= 11 is 13.6. The standard InChI is InChI=1S/C25H19Cl2N3O3S/c1-15-4-7-18(8-5-15)30-24(32)22(12-16-11-17(26)6-9-21(16)27)34-25(30)20(13-28)23(31)29-14-19-3-2-10-33-19/h2-11,22H,12,14H2,1H3,(H,29,31)/b25-20+/t22-/m1/s1. The highest BCUT2D eigenvalue weighted by molar-refractivity contribution is 8.05. The van der Waals surface area contributed by atoms with Gasteiger partial charge in [-0.25, -0.2) is 0 Å². The Morgan fingerprint density at radius 1 is 1.21 bits per heavy atom. The van der Waals surface area contributed by atoms with Gasteiger partial charge >= 0.3 is 0 Å². The van der Waals surface area contributed by atoms with Crippen LogP contribution < -0.4 is 10.2 Å². The van der Waals surface area contributed by atoms with E-state index in [-0.39, 0.29) is 23.1 Å². The summed E-state index contributed by atoms with van der Waals surface area (Å²) in [6, 6.07) is 17.8. The number of anilines is 1. The van der Waals surface area contributed by atoms with E-state index in [2.05, 4.69) is 5.32 Å². The van der Waals surface area contributed by atoms with Crippen molar-refractivity contribution in [3.8, 4) is 6.07 Å².